The van der Waals surface area contributed by atoms with Gasteiger partial charge in [0.25, 0.3) is 0 Å². The Hall–Kier alpha value is -1.51. The zero-order valence-electron chi connectivity index (χ0n) is 8.63. The average molecular weight is 192 g/mol. The van der Waals surface area contributed by atoms with Crippen LogP contribution in [0.2, 0.25) is 0 Å². The Labute approximate surface area is 83.8 Å². The lowest BCUT2D eigenvalue weighted by molar-refractivity contribution is -0.310. The van der Waals surface area contributed by atoms with Gasteiger partial charge in [-0.1, -0.05) is 12.1 Å². The van der Waals surface area contributed by atoms with Crippen molar-refractivity contribution in [2.45, 2.75) is 26.3 Å². The first-order chi connectivity index (χ1) is 6.42. The lowest BCUT2D eigenvalue weighted by atomic mass is 10.1. The van der Waals surface area contributed by atoms with Crippen molar-refractivity contribution in [2.75, 3.05) is 5.32 Å². The number of carbonyl (C=O) groups is 1. The number of anilines is 1. The number of hydrogen-bond acceptors (Lipinski definition) is 3. The van der Waals surface area contributed by atoms with Gasteiger partial charge in [-0.25, -0.2) is 0 Å². The second kappa shape index (κ2) is 3.70. The zero-order valence-corrected chi connectivity index (χ0v) is 8.63. The Kier molecular flexibility index (Phi) is 2.79. The van der Waals surface area contributed by atoms with E-state index in [9.17, 15) is 9.90 Å². The lowest BCUT2D eigenvalue weighted by Crippen LogP contribution is -2.49. The van der Waals surface area contributed by atoms with Crippen LogP contribution in [-0.4, -0.2) is 11.5 Å². The van der Waals surface area contributed by atoms with E-state index in [1.807, 2.05) is 31.2 Å². The van der Waals surface area contributed by atoms with E-state index in [4.69, 9.17) is 0 Å². The topological polar surface area (TPSA) is 52.2 Å². The number of nitrogens with one attached hydrogen (secondary N) is 1. The van der Waals surface area contributed by atoms with Gasteiger partial charge in [0.05, 0.1) is 11.5 Å². The summed E-state index contributed by atoms with van der Waals surface area (Å²) in [6.45, 7) is 5.10. The van der Waals surface area contributed by atoms with Gasteiger partial charge in [-0.2, -0.15) is 0 Å². The highest BCUT2D eigenvalue weighted by molar-refractivity contribution is 5.79. The molecule has 0 atom stereocenters. The van der Waals surface area contributed by atoms with Crippen LogP contribution in [0.25, 0.3) is 0 Å². The maximum Gasteiger partial charge on any atom is 0.0713 e. The molecule has 0 bridgehead atoms. The number of hydrogen-bond donors (Lipinski definition) is 1. The van der Waals surface area contributed by atoms with Crippen LogP contribution < -0.4 is 10.4 Å². The summed E-state index contributed by atoms with van der Waals surface area (Å²) in [4.78, 5) is 10.7. The van der Waals surface area contributed by atoms with Crippen molar-refractivity contribution in [3.8, 4) is 0 Å². The molecule has 1 N–H and O–H groups in total. The summed E-state index contributed by atoms with van der Waals surface area (Å²) in [5.41, 5.74) is 0.830. The standard InChI is InChI=1S/C11H15NO2/c1-8-5-4-6-9(7-8)12-11(2,3)10(13)14/h4-7,12H,1-3H3,(H,13,14)/p-1. The van der Waals surface area contributed by atoms with Crippen molar-refractivity contribution in [3.63, 3.8) is 0 Å². The summed E-state index contributed by atoms with van der Waals surface area (Å²) >= 11 is 0. The molecule has 0 heterocycles. The monoisotopic (exact) mass is 192 g/mol. The molecule has 0 amide bonds. The maximum absolute atomic E-state index is 10.7. The van der Waals surface area contributed by atoms with Crippen molar-refractivity contribution < 1.29 is 9.90 Å². The van der Waals surface area contributed by atoms with Crippen LogP contribution in [0.15, 0.2) is 24.3 Å². The Bertz CT molecular complexity index is 345. The Morgan fingerprint density at radius 1 is 1.43 bits per heavy atom. The fraction of sp³-hybridized carbons (Fsp3) is 0.364. The Balaban J connectivity index is 2.83. The van der Waals surface area contributed by atoms with E-state index < -0.39 is 11.5 Å². The van der Waals surface area contributed by atoms with Crippen LogP contribution in [0, 0.1) is 6.92 Å². The molecule has 0 aliphatic carbocycles. The summed E-state index contributed by atoms with van der Waals surface area (Å²) in [5.74, 6) is -1.11. The highest BCUT2D eigenvalue weighted by Crippen LogP contribution is 2.15. The molecule has 0 aromatic heterocycles. The van der Waals surface area contributed by atoms with E-state index in [0.29, 0.717) is 0 Å². The van der Waals surface area contributed by atoms with Crippen molar-refractivity contribution in [3.05, 3.63) is 29.8 Å². The van der Waals surface area contributed by atoms with Gasteiger partial charge in [0.1, 0.15) is 0 Å². The fourth-order valence-corrected chi connectivity index (χ4v) is 1.13. The minimum Gasteiger partial charge on any atom is -0.548 e. The molecular formula is C11H14NO2-. The molecule has 0 unspecified atom stereocenters. The molecule has 14 heavy (non-hydrogen) atoms. The summed E-state index contributed by atoms with van der Waals surface area (Å²) in [5, 5.41) is 13.6. The first kappa shape index (κ1) is 10.6. The molecule has 3 heteroatoms. The molecule has 0 spiro atoms. The van der Waals surface area contributed by atoms with Gasteiger partial charge in [0, 0.05) is 5.69 Å². The van der Waals surface area contributed by atoms with Crippen LogP contribution in [-0.2, 0) is 4.79 Å². The molecule has 0 fully saturated rings. The van der Waals surface area contributed by atoms with Crippen molar-refractivity contribution >= 4 is 11.7 Å². The van der Waals surface area contributed by atoms with E-state index in [-0.39, 0.29) is 0 Å². The molecule has 0 radical (unpaired) electrons. The molecule has 1 aromatic carbocycles. The number of carboxylic acid groups (broad SMARTS) is 1. The van der Waals surface area contributed by atoms with E-state index in [1.54, 1.807) is 13.8 Å². The summed E-state index contributed by atoms with van der Waals surface area (Å²) in [7, 11) is 0. The zero-order chi connectivity index (χ0) is 10.8. The average Bonchev–Trinajstić information content (AvgIpc) is 2.02. The number of carboxylic acids is 1. The maximum atomic E-state index is 10.7. The number of aliphatic carboxylic acids is 1. The van der Waals surface area contributed by atoms with Gasteiger partial charge < -0.3 is 15.2 Å². The molecule has 1 aromatic rings. The molecule has 0 aliphatic rings. The molecule has 0 aliphatic heterocycles. The lowest BCUT2D eigenvalue weighted by Gasteiger charge is -2.28. The third-order valence-corrected chi connectivity index (χ3v) is 1.99. The van der Waals surface area contributed by atoms with E-state index in [1.165, 1.54) is 0 Å². The number of aryl methyl sites for hydroxylation is 1. The number of carbonyl (C=O) groups excluding carboxylic acids is 1. The fourth-order valence-electron chi connectivity index (χ4n) is 1.13. The largest absolute Gasteiger partial charge is 0.548 e. The minimum absolute atomic E-state index is 0.791. The highest BCUT2D eigenvalue weighted by Gasteiger charge is 2.18. The van der Waals surface area contributed by atoms with Crippen molar-refractivity contribution in [1.82, 2.24) is 0 Å². The normalized spacial score (nSPS) is 11.1. The van der Waals surface area contributed by atoms with E-state index in [0.717, 1.165) is 11.3 Å². The van der Waals surface area contributed by atoms with Gasteiger partial charge >= 0.3 is 0 Å². The molecule has 76 valence electrons. The molecule has 1 rings (SSSR count). The third kappa shape index (κ3) is 2.49. The van der Waals surface area contributed by atoms with Crippen LogP contribution in [0.5, 0.6) is 0 Å². The second-order valence-electron chi connectivity index (χ2n) is 3.91. The first-order valence-electron chi connectivity index (χ1n) is 4.48. The molecule has 0 saturated carbocycles. The smallest absolute Gasteiger partial charge is 0.0713 e. The first-order valence-corrected chi connectivity index (χ1v) is 4.48. The Morgan fingerprint density at radius 2 is 2.07 bits per heavy atom. The van der Waals surface area contributed by atoms with Crippen LogP contribution >= 0.6 is 0 Å². The van der Waals surface area contributed by atoms with Gasteiger partial charge in [0.2, 0.25) is 0 Å². The van der Waals surface area contributed by atoms with Gasteiger partial charge in [0.15, 0.2) is 0 Å². The predicted molar refractivity (Wildman–Crippen MR) is 53.9 cm³/mol. The SMILES string of the molecule is Cc1cccc(NC(C)(C)C(=O)[O-])c1. The summed E-state index contributed by atoms with van der Waals surface area (Å²) in [6, 6.07) is 7.56. The number of benzene rings is 1. The molecular weight excluding hydrogens is 178 g/mol. The van der Waals surface area contributed by atoms with Gasteiger partial charge in [-0.05, 0) is 38.5 Å². The minimum atomic E-state index is -1.11. The second-order valence-corrected chi connectivity index (χ2v) is 3.91. The number of rotatable bonds is 3. The molecule has 0 saturated heterocycles. The Morgan fingerprint density at radius 3 is 2.57 bits per heavy atom. The van der Waals surface area contributed by atoms with E-state index >= 15 is 0 Å². The third-order valence-electron chi connectivity index (χ3n) is 1.99. The van der Waals surface area contributed by atoms with Crippen LogP contribution in [0.3, 0.4) is 0 Å². The van der Waals surface area contributed by atoms with Crippen LogP contribution in [0.4, 0.5) is 5.69 Å². The van der Waals surface area contributed by atoms with Gasteiger partial charge in [-0.3, -0.25) is 0 Å². The van der Waals surface area contributed by atoms with Crippen LogP contribution in [0.1, 0.15) is 19.4 Å². The van der Waals surface area contributed by atoms with Crippen molar-refractivity contribution in [2.24, 2.45) is 0 Å². The summed E-state index contributed by atoms with van der Waals surface area (Å²) in [6.07, 6.45) is 0. The van der Waals surface area contributed by atoms with Crippen molar-refractivity contribution in [1.29, 1.82) is 0 Å². The van der Waals surface area contributed by atoms with Gasteiger partial charge in [-0.15, -0.1) is 0 Å². The quantitative estimate of drug-likeness (QED) is 0.775. The summed E-state index contributed by atoms with van der Waals surface area (Å²) < 4.78 is 0. The predicted octanol–water partition coefficient (Wildman–Crippen LogP) is 0.935. The van der Waals surface area contributed by atoms with E-state index in [2.05, 4.69) is 5.32 Å². The molecule has 3 nitrogen and oxygen atoms in total. The highest BCUT2D eigenvalue weighted by atomic mass is 16.4.